The van der Waals surface area contributed by atoms with E-state index in [1.807, 2.05) is 0 Å². The van der Waals surface area contributed by atoms with E-state index in [0.717, 1.165) is 15.6 Å². The lowest BCUT2D eigenvalue weighted by atomic mass is 9.51. The van der Waals surface area contributed by atoms with Gasteiger partial charge in [-0.05, 0) is 83.8 Å². The SMILES string of the molecule is O=C(NCc1ccc(Br)s1)C1C2CC3CC(C2)CC1C3. The standard InChI is InChI=1S/C16H20BrNOS/c17-14-2-1-13(20-14)8-18-16(19)15-11-4-9-3-10(6-11)7-12(15)5-9/h1-2,9-12,15H,3-8H2,(H,18,19). The first-order valence-electron chi connectivity index (χ1n) is 7.71. The summed E-state index contributed by atoms with van der Waals surface area (Å²) in [5.41, 5.74) is 0. The van der Waals surface area contributed by atoms with Gasteiger partial charge < -0.3 is 5.32 Å². The van der Waals surface area contributed by atoms with E-state index < -0.39 is 0 Å². The van der Waals surface area contributed by atoms with E-state index in [1.165, 1.54) is 37.0 Å². The number of carbonyl (C=O) groups is 1. The monoisotopic (exact) mass is 353 g/mol. The summed E-state index contributed by atoms with van der Waals surface area (Å²) in [6, 6.07) is 4.14. The molecule has 1 heterocycles. The van der Waals surface area contributed by atoms with Gasteiger partial charge in [-0.15, -0.1) is 11.3 Å². The summed E-state index contributed by atoms with van der Waals surface area (Å²) in [5.74, 6) is 3.88. The molecule has 4 fully saturated rings. The highest BCUT2D eigenvalue weighted by atomic mass is 79.9. The maximum absolute atomic E-state index is 12.6. The van der Waals surface area contributed by atoms with Gasteiger partial charge in [-0.2, -0.15) is 0 Å². The summed E-state index contributed by atoms with van der Waals surface area (Å²) >= 11 is 5.18. The number of nitrogens with one attached hydrogen (secondary N) is 1. The third kappa shape index (κ3) is 2.35. The second kappa shape index (κ2) is 5.13. The van der Waals surface area contributed by atoms with Crippen LogP contribution >= 0.6 is 27.3 Å². The van der Waals surface area contributed by atoms with E-state index in [4.69, 9.17) is 0 Å². The third-order valence-electron chi connectivity index (χ3n) is 5.60. The molecule has 5 rings (SSSR count). The van der Waals surface area contributed by atoms with Gasteiger partial charge in [0.1, 0.15) is 0 Å². The molecule has 1 amide bonds. The van der Waals surface area contributed by atoms with Gasteiger partial charge in [0, 0.05) is 10.8 Å². The first-order chi connectivity index (χ1) is 9.69. The zero-order valence-corrected chi connectivity index (χ0v) is 13.9. The predicted molar refractivity (Wildman–Crippen MR) is 84.4 cm³/mol. The van der Waals surface area contributed by atoms with Gasteiger partial charge in [0.05, 0.1) is 10.3 Å². The summed E-state index contributed by atoms with van der Waals surface area (Å²) in [6.07, 6.45) is 6.71. The molecule has 4 saturated carbocycles. The van der Waals surface area contributed by atoms with Crippen molar-refractivity contribution >= 4 is 33.2 Å². The van der Waals surface area contributed by atoms with E-state index in [-0.39, 0.29) is 0 Å². The Balaban J connectivity index is 1.41. The molecule has 4 aliphatic rings. The van der Waals surface area contributed by atoms with Crippen LogP contribution in [0.4, 0.5) is 0 Å². The lowest BCUT2D eigenvalue weighted by molar-refractivity contribution is -0.138. The van der Waals surface area contributed by atoms with Crippen molar-refractivity contribution in [2.45, 2.75) is 38.6 Å². The Labute approximate surface area is 132 Å². The Bertz CT molecular complexity index is 498. The molecule has 0 radical (unpaired) electrons. The first-order valence-corrected chi connectivity index (χ1v) is 9.32. The normalized spacial score (nSPS) is 38.1. The molecule has 0 aromatic carbocycles. The van der Waals surface area contributed by atoms with Crippen molar-refractivity contribution in [3.63, 3.8) is 0 Å². The molecule has 2 nitrogen and oxygen atoms in total. The maximum atomic E-state index is 12.6. The number of thiophene rings is 1. The summed E-state index contributed by atoms with van der Waals surface area (Å²) in [4.78, 5) is 13.8. The first kappa shape index (κ1) is 13.3. The minimum atomic E-state index is 0.311. The maximum Gasteiger partial charge on any atom is 0.223 e. The summed E-state index contributed by atoms with van der Waals surface area (Å²) in [5, 5.41) is 3.19. The van der Waals surface area contributed by atoms with Crippen molar-refractivity contribution in [2.24, 2.45) is 29.6 Å². The van der Waals surface area contributed by atoms with Crippen LogP contribution in [0.3, 0.4) is 0 Å². The molecule has 4 heteroatoms. The molecule has 0 spiro atoms. The van der Waals surface area contributed by atoms with E-state index in [1.54, 1.807) is 11.3 Å². The van der Waals surface area contributed by atoms with E-state index in [2.05, 4.69) is 33.4 Å². The van der Waals surface area contributed by atoms with Crippen molar-refractivity contribution in [1.82, 2.24) is 5.32 Å². The highest BCUT2D eigenvalue weighted by Gasteiger charge is 2.50. The van der Waals surface area contributed by atoms with E-state index in [0.29, 0.717) is 30.2 Å². The van der Waals surface area contributed by atoms with Crippen LogP contribution in [0.2, 0.25) is 0 Å². The third-order valence-corrected chi connectivity index (χ3v) is 7.22. The fourth-order valence-corrected chi connectivity index (χ4v) is 6.52. The van der Waals surface area contributed by atoms with Gasteiger partial charge in [-0.3, -0.25) is 4.79 Å². The number of hydrogen-bond acceptors (Lipinski definition) is 2. The molecule has 1 aromatic heterocycles. The van der Waals surface area contributed by atoms with Gasteiger partial charge in [-0.1, -0.05) is 0 Å². The molecule has 0 unspecified atom stereocenters. The quantitative estimate of drug-likeness (QED) is 0.866. The molecule has 4 bridgehead atoms. The summed E-state index contributed by atoms with van der Waals surface area (Å²) in [7, 11) is 0. The van der Waals surface area contributed by atoms with Crippen LogP contribution in [0, 0.1) is 29.6 Å². The van der Waals surface area contributed by atoms with Crippen molar-refractivity contribution in [3.8, 4) is 0 Å². The lowest BCUT2D eigenvalue weighted by Gasteiger charge is -2.53. The Morgan fingerprint density at radius 3 is 2.35 bits per heavy atom. The molecule has 0 atom stereocenters. The average molecular weight is 354 g/mol. The van der Waals surface area contributed by atoms with Crippen molar-refractivity contribution < 1.29 is 4.79 Å². The largest absolute Gasteiger partial charge is 0.351 e. The molecule has 1 aromatic rings. The smallest absolute Gasteiger partial charge is 0.223 e. The number of carbonyl (C=O) groups excluding carboxylic acids is 1. The Morgan fingerprint density at radius 1 is 1.15 bits per heavy atom. The highest BCUT2D eigenvalue weighted by Crippen LogP contribution is 2.56. The number of halogens is 1. The fraction of sp³-hybridized carbons (Fsp3) is 0.688. The summed E-state index contributed by atoms with van der Waals surface area (Å²) in [6.45, 7) is 0.692. The van der Waals surface area contributed by atoms with Crippen LogP contribution in [0.25, 0.3) is 0 Å². The van der Waals surface area contributed by atoms with Crippen LogP contribution in [0.5, 0.6) is 0 Å². The lowest BCUT2D eigenvalue weighted by Crippen LogP contribution is -2.50. The molecule has 20 heavy (non-hydrogen) atoms. The van der Waals surface area contributed by atoms with E-state index in [9.17, 15) is 4.79 Å². The van der Waals surface area contributed by atoms with Gasteiger partial charge in [0.15, 0.2) is 0 Å². The minimum Gasteiger partial charge on any atom is -0.351 e. The van der Waals surface area contributed by atoms with E-state index >= 15 is 0 Å². The minimum absolute atomic E-state index is 0.311. The Kier molecular flexibility index (Phi) is 3.42. The molecule has 4 aliphatic carbocycles. The van der Waals surface area contributed by atoms with Crippen molar-refractivity contribution in [1.29, 1.82) is 0 Å². The second-order valence-corrected chi connectivity index (χ2v) is 9.43. The van der Waals surface area contributed by atoms with Crippen LogP contribution in [0.15, 0.2) is 15.9 Å². The van der Waals surface area contributed by atoms with Crippen molar-refractivity contribution in [3.05, 3.63) is 20.8 Å². The molecular formula is C16H20BrNOS. The highest BCUT2D eigenvalue weighted by molar-refractivity contribution is 9.11. The number of rotatable bonds is 3. The summed E-state index contributed by atoms with van der Waals surface area (Å²) < 4.78 is 1.14. The average Bonchev–Trinajstić information content (AvgIpc) is 2.81. The molecule has 1 N–H and O–H groups in total. The Morgan fingerprint density at radius 2 is 1.80 bits per heavy atom. The van der Waals surface area contributed by atoms with Crippen molar-refractivity contribution in [2.75, 3.05) is 0 Å². The van der Waals surface area contributed by atoms with Crippen LogP contribution in [0.1, 0.15) is 37.0 Å². The van der Waals surface area contributed by atoms with Gasteiger partial charge >= 0.3 is 0 Å². The molecule has 0 aliphatic heterocycles. The zero-order valence-electron chi connectivity index (χ0n) is 11.5. The molecular weight excluding hydrogens is 334 g/mol. The predicted octanol–water partition coefficient (Wildman–Crippen LogP) is 4.20. The Hall–Kier alpha value is -0.350. The zero-order chi connectivity index (χ0) is 13.7. The van der Waals surface area contributed by atoms with Crippen LogP contribution in [-0.2, 0) is 11.3 Å². The molecule has 108 valence electrons. The van der Waals surface area contributed by atoms with Gasteiger partial charge in [0.25, 0.3) is 0 Å². The van der Waals surface area contributed by atoms with Crippen LogP contribution in [-0.4, -0.2) is 5.91 Å². The number of hydrogen-bond donors (Lipinski definition) is 1. The number of amides is 1. The fourth-order valence-electron chi connectivity index (χ4n) is 5.09. The van der Waals surface area contributed by atoms with Gasteiger partial charge in [-0.25, -0.2) is 0 Å². The second-order valence-electron chi connectivity index (χ2n) is 6.88. The molecule has 0 saturated heterocycles. The van der Waals surface area contributed by atoms with Crippen LogP contribution < -0.4 is 5.32 Å². The topological polar surface area (TPSA) is 29.1 Å². The van der Waals surface area contributed by atoms with Gasteiger partial charge in [0.2, 0.25) is 5.91 Å².